The van der Waals surface area contributed by atoms with Gasteiger partial charge in [0.2, 0.25) is 5.88 Å². The molecule has 0 bridgehead atoms. The van der Waals surface area contributed by atoms with Crippen molar-refractivity contribution >= 4 is 0 Å². The molecule has 1 aromatic heterocycles. The third-order valence-corrected chi connectivity index (χ3v) is 3.36. The van der Waals surface area contributed by atoms with E-state index in [9.17, 15) is 5.11 Å². The fraction of sp³-hybridized carbons (Fsp3) is 0.167. The Kier molecular flexibility index (Phi) is 4.51. The van der Waals surface area contributed by atoms with Gasteiger partial charge < -0.3 is 9.84 Å². The number of benzene rings is 2. The average Bonchev–Trinajstić information content (AvgIpc) is 2.97. The van der Waals surface area contributed by atoms with E-state index < -0.39 is 0 Å². The highest BCUT2D eigenvalue weighted by molar-refractivity contribution is 5.21. The summed E-state index contributed by atoms with van der Waals surface area (Å²) in [5, 5.41) is 13.7. The van der Waals surface area contributed by atoms with Gasteiger partial charge in [-0.05, 0) is 11.1 Å². The molecule has 0 unspecified atom stereocenters. The summed E-state index contributed by atoms with van der Waals surface area (Å²) in [7, 11) is 0. The molecule has 112 valence electrons. The van der Waals surface area contributed by atoms with Crippen LogP contribution in [-0.2, 0) is 19.8 Å². The van der Waals surface area contributed by atoms with Gasteiger partial charge in [0, 0.05) is 6.07 Å². The third kappa shape index (κ3) is 3.54. The van der Waals surface area contributed by atoms with Crippen LogP contribution in [0.2, 0.25) is 0 Å². The summed E-state index contributed by atoms with van der Waals surface area (Å²) in [6.45, 7) is 1.00. The summed E-state index contributed by atoms with van der Waals surface area (Å²) in [5.74, 6) is 0.664. The van der Waals surface area contributed by atoms with E-state index in [1.807, 2.05) is 60.7 Å². The standard InChI is InChI=1S/C18H18N2O2/c21-13-17-11-18(22-14-16-9-5-2-6-10-16)20(19-17)12-15-7-3-1-4-8-15/h1-11,21H,12-14H2. The van der Waals surface area contributed by atoms with Crippen LogP contribution in [-0.4, -0.2) is 14.9 Å². The molecule has 2 aromatic carbocycles. The van der Waals surface area contributed by atoms with E-state index in [-0.39, 0.29) is 6.61 Å². The topological polar surface area (TPSA) is 47.3 Å². The molecule has 0 aliphatic heterocycles. The predicted octanol–water partition coefficient (Wildman–Crippen LogP) is 3.00. The zero-order chi connectivity index (χ0) is 15.2. The molecule has 1 N–H and O–H groups in total. The van der Waals surface area contributed by atoms with Crippen molar-refractivity contribution in [2.24, 2.45) is 0 Å². The van der Waals surface area contributed by atoms with Gasteiger partial charge in [0.25, 0.3) is 0 Å². The van der Waals surface area contributed by atoms with Crippen LogP contribution < -0.4 is 4.74 Å². The molecule has 0 saturated heterocycles. The van der Waals surface area contributed by atoms with Gasteiger partial charge in [-0.1, -0.05) is 60.7 Å². The number of aromatic nitrogens is 2. The van der Waals surface area contributed by atoms with E-state index in [4.69, 9.17) is 4.74 Å². The first-order valence-corrected chi connectivity index (χ1v) is 7.23. The Labute approximate surface area is 129 Å². The molecule has 0 radical (unpaired) electrons. The third-order valence-electron chi connectivity index (χ3n) is 3.36. The molecule has 0 aliphatic rings. The van der Waals surface area contributed by atoms with Gasteiger partial charge in [0.15, 0.2) is 0 Å². The molecular weight excluding hydrogens is 276 g/mol. The molecule has 3 aromatic rings. The zero-order valence-corrected chi connectivity index (χ0v) is 12.2. The largest absolute Gasteiger partial charge is 0.473 e. The Morgan fingerprint density at radius 1 is 0.909 bits per heavy atom. The van der Waals surface area contributed by atoms with Gasteiger partial charge in [0.1, 0.15) is 6.61 Å². The minimum absolute atomic E-state index is 0.0938. The Balaban J connectivity index is 1.76. The fourth-order valence-corrected chi connectivity index (χ4v) is 2.24. The summed E-state index contributed by atoms with van der Waals surface area (Å²) < 4.78 is 7.65. The van der Waals surface area contributed by atoms with Gasteiger partial charge >= 0.3 is 0 Å². The fourth-order valence-electron chi connectivity index (χ4n) is 2.24. The molecule has 3 rings (SSSR count). The maximum absolute atomic E-state index is 9.30. The quantitative estimate of drug-likeness (QED) is 0.760. The summed E-state index contributed by atoms with van der Waals surface area (Å²) in [4.78, 5) is 0. The normalized spacial score (nSPS) is 10.6. The second-order valence-electron chi connectivity index (χ2n) is 5.05. The van der Waals surface area contributed by atoms with Crippen LogP contribution in [0.5, 0.6) is 5.88 Å². The van der Waals surface area contributed by atoms with E-state index in [2.05, 4.69) is 5.10 Å². The molecule has 1 heterocycles. The van der Waals surface area contributed by atoms with Crippen molar-refractivity contribution in [3.05, 3.63) is 83.6 Å². The monoisotopic (exact) mass is 294 g/mol. The first-order chi connectivity index (χ1) is 10.8. The molecule has 0 spiro atoms. The van der Waals surface area contributed by atoms with Gasteiger partial charge in [0.05, 0.1) is 18.8 Å². The van der Waals surface area contributed by atoms with Crippen LogP contribution in [0.3, 0.4) is 0 Å². The molecule has 0 fully saturated rings. The highest BCUT2D eigenvalue weighted by Crippen LogP contribution is 2.17. The number of hydrogen-bond donors (Lipinski definition) is 1. The van der Waals surface area contributed by atoms with E-state index in [0.717, 1.165) is 11.1 Å². The number of rotatable bonds is 6. The molecule has 0 amide bonds. The van der Waals surface area contributed by atoms with Crippen LogP contribution in [0.25, 0.3) is 0 Å². The zero-order valence-electron chi connectivity index (χ0n) is 12.2. The van der Waals surface area contributed by atoms with Gasteiger partial charge in [-0.3, -0.25) is 0 Å². The molecular formula is C18H18N2O2. The molecule has 4 nitrogen and oxygen atoms in total. The lowest BCUT2D eigenvalue weighted by molar-refractivity contribution is 0.272. The van der Waals surface area contributed by atoms with Crippen LogP contribution in [0.4, 0.5) is 0 Å². The number of ether oxygens (including phenoxy) is 1. The number of aliphatic hydroxyl groups is 1. The maximum atomic E-state index is 9.30. The summed E-state index contributed by atoms with van der Waals surface area (Å²) in [6, 6.07) is 21.8. The Morgan fingerprint density at radius 2 is 1.55 bits per heavy atom. The summed E-state index contributed by atoms with van der Waals surface area (Å²) in [5.41, 5.74) is 2.85. The highest BCUT2D eigenvalue weighted by atomic mass is 16.5. The van der Waals surface area contributed by atoms with E-state index in [1.54, 1.807) is 10.7 Å². The SMILES string of the molecule is OCc1cc(OCc2ccccc2)n(Cc2ccccc2)n1. The van der Waals surface area contributed by atoms with Crippen LogP contribution >= 0.6 is 0 Å². The number of nitrogens with zero attached hydrogens (tertiary/aromatic N) is 2. The highest BCUT2D eigenvalue weighted by Gasteiger charge is 2.09. The molecule has 0 saturated carbocycles. The Hall–Kier alpha value is -2.59. The summed E-state index contributed by atoms with van der Waals surface area (Å²) in [6.07, 6.45) is 0. The first-order valence-electron chi connectivity index (χ1n) is 7.23. The van der Waals surface area contributed by atoms with Crippen molar-refractivity contribution in [1.29, 1.82) is 0 Å². The van der Waals surface area contributed by atoms with Gasteiger partial charge in [-0.25, -0.2) is 4.68 Å². The maximum Gasteiger partial charge on any atom is 0.212 e. The second kappa shape index (κ2) is 6.91. The minimum atomic E-state index is -0.0938. The van der Waals surface area contributed by atoms with E-state index in [1.165, 1.54) is 0 Å². The lowest BCUT2D eigenvalue weighted by Crippen LogP contribution is -2.06. The lowest BCUT2D eigenvalue weighted by Gasteiger charge is -2.09. The van der Waals surface area contributed by atoms with E-state index >= 15 is 0 Å². The molecule has 22 heavy (non-hydrogen) atoms. The minimum Gasteiger partial charge on any atom is -0.473 e. The first kappa shape index (κ1) is 14.4. The average molecular weight is 294 g/mol. The van der Waals surface area contributed by atoms with Crippen LogP contribution in [0, 0.1) is 0 Å². The summed E-state index contributed by atoms with van der Waals surface area (Å²) >= 11 is 0. The molecule has 0 aliphatic carbocycles. The van der Waals surface area contributed by atoms with Crippen LogP contribution in [0.1, 0.15) is 16.8 Å². The molecule has 0 atom stereocenters. The molecule has 4 heteroatoms. The van der Waals surface area contributed by atoms with Gasteiger partial charge in [-0.2, -0.15) is 5.10 Å². The van der Waals surface area contributed by atoms with Crippen molar-refractivity contribution in [1.82, 2.24) is 9.78 Å². The van der Waals surface area contributed by atoms with Crippen molar-refractivity contribution in [3.8, 4) is 5.88 Å². The second-order valence-corrected chi connectivity index (χ2v) is 5.05. The van der Waals surface area contributed by atoms with Crippen molar-refractivity contribution in [3.63, 3.8) is 0 Å². The van der Waals surface area contributed by atoms with Crippen LogP contribution in [0.15, 0.2) is 66.7 Å². The van der Waals surface area contributed by atoms with E-state index in [0.29, 0.717) is 24.7 Å². The predicted molar refractivity (Wildman–Crippen MR) is 84.5 cm³/mol. The van der Waals surface area contributed by atoms with Gasteiger partial charge in [-0.15, -0.1) is 0 Å². The van der Waals surface area contributed by atoms with Crippen molar-refractivity contribution in [2.75, 3.05) is 0 Å². The Bertz CT molecular complexity index is 708. The Morgan fingerprint density at radius 3 is 2.18 bits per heavy atom. The smallest absolute Gasteiger partial charge is 0.212 e. The lowest BCUT2D eigenvalue weighted by atomic mass is 10.2. The van der Waals surface area contributed by atoms with Crippen molar-refractivity contribution in [2.45, 2.75) is 19.8 Å². The number of aliphatic hydroxyl groups excluding tert-OH is 1. The number of hydrogen-bond acceptors (Lipinski definition) is 3. The van der Waals surface area contributed by atoms with Crippen molar-refractivity contribution < 1.29 is 9.84 Å².